The van der Waals surface area contributed by atoms with Crippen LogP contribution in [0.5, 0.6) is 0 Å². The van der Waals surface area contributed by atoms with E-state index in [1.165, 1.54) is 103 Å². The van der Waals surface area contributed by atoms with Gasteiger partial charge in [-0.15, -0.1) is 0 Å². The fourth-order valence-corrected chi connectivity index (χ4v) is 11.4. The summed E-state index contributed by atoms with van der Waals surface area (Å²) >= 11 is 0. The molecule has 0 aliphatic carbocycles. The minimum Gasteiger partial charge on any atom is -0.462 e. The van der Waals surface area contributed by atoms with Gasteiger partial charge in [0.25, 0.3) is 0 Å². The van der Waals surface area contributed by atoms with Crippen molar-refractivity contribution in [2.75, 3.05) is 39.6 Å². The molecule has 0 aromatic heterocycles. The van der Waals surface area contributed by atoms with Crippen molar-refractivity contribution in [3.05, 3.63) is 24.3 Å². The molecule has 0 aliphatic rings. The predicted molar refractivity (Wildman–Crippen MR) is 354 cm³/mol. The first-order chi connectivity index (χ1) is 42.2. The topological polar surface area (TPSA) is 237 Å². The van der Waals surface area contributed by atoms with Crippen molar-refractivity contribution in [3.63, 3.8) is 0 Å². The number of aliphatic hydroxyl groups excluding tert-OH is 1. The second-order valence-electron chi connectivity index (χ2n) is 25.7. The van der Waals surface area contributed by atoms with Crippen LogP contribution in [0.15, 0.2) is 24.3 Å². The number of carbonyl (C=O) groups excluding carboxylic acids is 4. The number of allylic oxidation sites excluding steroid dienone is 4. The zero-order valence-corrected chi connectivity index (χ0v) is 58.5. The number of rotatable bonds is 65. The van der Waals surface area contributed by atoms with E-state index in [4.69, 9.17) is 37.0 Å². The van der Waals surface area contributed by atoms with Gasteiger partial charge in [-0.2, -0.15) is 0 Å². The maximum atomic E-state index is 13.0. The Labute approximate surface area is 535 Å². The summed E-state index contributed by atoms with van der Waals surface area (Å²) in [5.74, 6) is -0.00820. The van der Waals surface area contributed by atoms with Crippen LogP contribution in [-0.2, 0) is 65.4 Å². The van der Waals surface area contributed by atoms with Crippen molar-refractivity contribution in [2.45, 2.75) is 336 Å². The maximum Gasteiger partial charge on any atom is 0.472 e. The Morgan fingerprint density at radius 2 is 0.614 bits per heavy atom. The summed E-state index contributed by atoms with van der Waals surface area (Å²) in [5, 5.41) is 10.6. The third-order valence-electron chi connectivity index (χ3n) is 15.3. The monoisotopic (exact) mass is 1290 g/mol. The van der Waals surface area contributed by atoms with Gasteiger partial charge >= 0.3 is 39.5 Å². The van der Waals surface area contributed by atoms with Crippen LogP contribution in [0.2, 0.25) is 0 Å². The molecule has 0 amide bonds. The van der Waals surface area contributed by atoms with Gasteiger partial charge in [0.15, 0.2) is 12.2 Å². The highest BCUT2D eigenvalue weighted by atomic mass is 31.2. The zero-order chi connectivity index (χ0) is 65.2. The first kappa shape index (κ1) is 85.5. The molecule has 0 rings (SSSR count). The number of esters is 4. The van der Waals surface area contributed by atoms with Gasteiger partial charge in [0, 0.05) is 25.7 Å². The SMILES string of the molecule is CCCCCC/C=C\C=C/CCCCCCCC(=O)OC[C@H](COP(=O)(O)OCC(O)COP(=O)(O)OC[C@@H](COC(=O)CCCCCCCCCC(C)C)OC(=O)CCCCCCCCCCC(C)C)OC(=O)CCCCCCCCCCCC(C)C. The average molecular weight is 1290 g/mol. The summed E-state index contributed by atoms with van der Waals surface area (Å²) in [4.78, 5) is 72.4. The highest BCUT2D eigenvalue weighted by molar-refractivity contribution is 7.47. The number of aliphatic hydroxyl groups is 1. The molecule has 17 nitrogen and oxygen atoms in total. The van der Waals surface area contributed by atoms with Gasteiger partial charge in [0.05, 0.1) is 26.4 Å². The molecule has 5 atom stereocenters. The van der Waals surface area contributed by atoms with E-state index in [-0.39, 0.29) is 25.7 Å². The van der Waals surface area contributed by atoms with E-state index < -0.39 is 97.5 Å². The number of unbranched alkanes of at least 4 members (excludes halogenated alkanes) is 30. The van der Waals surface area contributed by atoms with Crippen LogP contribution >= 0.6 is 15.6 Å². The molecule has 0 spiro atoms. The number of phosphoric ester groups is 2. The van der Waals surface area contributed by atoms with E-state index in [9.17, 15) is 43.2 Å². The fourth-order valence-electron chi connectivity index (χ4n) is 9.82. The summed E-state index contributed by atoms with van der Waals surface area (Å²) in [6.07, 6.45) is 45.4. The second kappa shape index (κ2) is 59.5. The number of hydrogen-bond donors (Lipinski definition) is 3. The highest BCUT2D eigenvalue weighted by Gasteiger charge is 2.30. The van der Waals surface area contributed by atoms with Gasteiger partial charge in [-0.1, -0.05) is 265 Å². The van der Waals surface area contributed by atoms with Gasteiger partial charge in [0.2, 0.25) is 0 Å². The molecule has 19 heteroatoms. The highest BCUT2D eigenvalue weighted by Crippen LogP contribution is 2.45. The standard InChI is InChI=1S/C69H130O17P2/c1-8-9-10-11-12-13-14-15-16-17-18-21-29-36-43-50-66(71)79-56-64(85-68(73)52-45-38-30-22-19-20-26-33-40-47-60(2)3)58-83-87(75,76)81-54-63(70)55-82-88(77,78)84-59-65(57-80-67(72)51-44-37-32-25-28-35-42-49-62(6)7)86-69(74)53-46-39-31-24-23-27-34-41-48-61(4)5/h13-16,60-65,70H,8-12,17-59H2,1-7H3,(H,75,76)(H,77,78)/b14-13-,16-15-/t63?,64-,65-/m1/s1. The van der Waals surface area contributed by atoms with Crippen LogP contribution in [0.4, 0.5) is 0 Å². The van der Waals surface area contributed by atoms with Gasteiger partial charge in [0.1, 0.15) is 19.3 Å². The lowest BCUT2D eigenvalue weighted by molar-refractivity contribution is -0.161. The quantitative estimate of drug-likeness (QED) is 0.0169. The lowest BCUT2D eigenvalue weighted by atomic mass is 10.0. The molecule has 0 bridgehead atoms. The molecule has 0 saturated carbocycles. The third kappa shape index (κ3) is 62.4. The summed E-state index contributed by atoms with van der Waals surface area (Å²) in [6.45, 7) is 11.6. The summed E-state index contributed by atoms with van der Waals surface area (Å²) < 4.78 is 68.1. The molecule has 3 N–H and O–H groups in total. The number of phosphoric acid groups is 2. The molecule has 0 aromatic carbocycles. The fraction of sp³-hybridized carbons (Fsp3) is 0.884. The van der Waals surface area contributed by atoms with Crippen LogP contribution in [0.1, 0.15) is 318 Å². The molecule has 518 valence electrons. The van der Waals surface area contributed by atoms with Crippen LogP contribution < -0.4 is 0 Å². The second-order valence-corrected chi connectivity index (χ2v) is 28.6. The van der Waals surface area contributed by atoms with E-state index in [1.807, 2.05) is 0 Å². The Morgan fingerprint density at radius 3 is 0.920 bits per heavy atom. The van der Waals surface area contributed by atoms with Crippen molar-refractivity contribution in [1.82, 2.24) is 0 Å². The zero-order valence-electron chi connectivity index (χ0n) is 56.7. The lowest BCUT2D eigenvalue weighted by Crippen LogP contribution is -2.30. The molecular formula is C69H130O17P2. The third-order valence-corrected chi connectivity index (χ3v) is 17.2. The van der Waals surface area contributed by atoms with Gasteiger partial charge in [-0.25, -0.2) is 9.13 Å². The van der Waals surface area contributed by atoms with Gasteiger partial charge in [-0.3, -0.25) is 37.3 Å². The number of carbonyl (C=O) groups is 4. The van der Waals surface area contributed by atoms with Gasteiger partial charge < -0.3 is 33.8 Å². The minimum absolute atomic E-state index is 0.0978. The molecular weight excluding hydrogens is 1160 g/mol. The Balaban J connectivity index is 5.28. The Bertz CT molecular complexity index is 1830. The molecule has 0 saturated heterocycles. The van der Waals surface area contributed by atoms with E-state index >= 15 is 0 Å². The van der Waals surface area contributed by atoms with Crippen molar-refractivity contribution in [3.8, 4) is 0 Å². The molecule has 88 heavy (non-hydrogen) atoms. The maximum absolute atomic E-state index is 13.0. The average Bonchev–Trinajstić information content (AvgIpc) is 3.58. The summed E-state index contributed by atoms with van der Waals surface area (Å²) in [5.41, 5.74) is 0. The number of ether oxygens (including phenoxy) is 4. The smallest absolute Gasteiger partial charge is 0.462 e. The van der Waals surface area contributed by atoms with Crippen LogP contribution in [0.25, 0.3) is 0 Å². The summed E-state index contributed by atoms with van der Waals surface area (Å²) in [6, 6.07) is 0. The van der Waals surface area contributed by atoms with Crippen LogP contribution in [0, 0.1) is 17.8 Å². The van der Waals surface area contributed by atoms with Crippen molar-refractivity contribution in [2.24, 2.45) is 17.8 Å². The molecule has 0 aliphatic heterocycles. The van der Waals surface area contributed by atoms with E-state index in [1.54, 1.807) is 0 Å². The normalized spacial score (nSPS) is 14.4. The van der Waals surface area contributed by atoms with E-state index in [2.05, 4.69) is 72.8 Å². The van der Waals surface area contributed by atoms with Gasteiger partial charge in [-0.05, 0) is 69.1 Å². The first-order valence-corrected chi connectivity index (χ1v) is 38.2. The predicted octanol–water partition coefficient (Wildman–Crippen LogP) is 19.0. The number of hydrogen-bond acceptors (Lipinski definition) is 15. The van der Waals surface area contributed by atoms with E-state index in [0.29, 0.717) is 37.5 Å². The van der Waals surface area contributed by atoms with Crippen molar-refractivity contribution >= 4 is 39.5 Å². The van der Waals surface area contributed by atoms with Crippen LogP contribution in [-0.4, -0.2) is 96.7 Å². The molecule has 0 fully saturated rings. The molecule has 0 heterocycles. The Hall–Kier alpha value is -2.46. The Kier molecular flexibility index (Phi) is 57.9. The largest absolute Gasteiger partial charge is 0.472 e. The summed E-state index contributed by atoms with van der Waals surface area (Å²) in [7, 11) is -9.91. The van der Waals surface area contributed by atoms with Crippen LogP contribution in [0.3, 0.4) is 0 Å². The first-order valence-electron chi connectivity index (χ1n) is 35.2. The van der Waals surface area contributed by atoms with Crippen molar-refractivity contribution < 1.29 is 80.2 Å². The lowest BCUT2D eigenvalue weighted by Gasteiger charge is -2.21. The molecule has 0 aromatic rings. The van der Waals surface area contributed by atoms with E-state index in [0.717, 1.165) is 121 Å². The molecule has 0 radical (unpaired) electrons. The minimum atomic E-state index is -4.96. The van der Waals surface area contributed by atoms with Crippen molar-refractivity contribution in [1.29, 1.82) is 0 Å². The Morgan fingerprint density at radius 1 is 0.352 bits per heavy atom. The molecule has 3 unspecified atom stereocenters.